The number of rotatable bonds is 4. The van der Waals surface area contributed by atoms with Gasteiger partial charge < -0.3 is 14.8 Å². The van der Waals surface area contributed by atoms with Gasteiger partial charge in [-0.15, -0.1) is 0 Å². The Hall–Kier alpha value is -2.60. The minimum atomic E-state index is -0.301. The van der Waals surface area contributed by atoms with E-state index < -0.39 is 0 Å². The summed E-state index contributed by atoms with van der Waals surface area (Å²) in [5.74, 6) is 1.16. The highest BCUT2D eigenvalue weighted by Crippen LogP contribution is 2.45. The zero-order valence-corrected chi connectivity index (χ0v) is 17.9. The van der Waals surface area contributed by atoms with Crippen LogP contribution in [-0.2, 0) is 9.59 Å². The third-order valence-electron chi connectivity index (χ3n) is 5.67. The Morgan fingerprint density at radius 1 is 1.00 bits per heavy atom. The van der Waals surface area contributed by atoms with Gasteiger partial charge in [-0.2, -0.15) is 0 Å². The summed E-state index contributed by atoms with van der Waals surface area (Å²) in [6.07, 6.45) is 1.27. The van der Waals surface area contributed by atoms with Gasteiger partial charge >= 0.3 is 0 Å². The number of benzene rings is 2. The van der Waals surface area contributed by atoms with Crippen molar-refractivity contribution in [2.24, 2.45) is 0 Å². The predicted octanol–water partition coefficient (Wildman–Crippen LogP) is 4.47. The first-order chi connectivity index (χ1) is 14.0. The summed E-state index contributed by atoms with van der Waals surface area (Å²) in [6.45, 7) is 0. The lowest BCUT2D eigenvalue weighted by atomic mass is 9.73. The van der Waals surface area contributed by atoms with E-state index in [0.717, 1.165) is 27.0 Å². The predicted molar refractivity (Wildman–Crippen MR) is 113 cm³/mol. The van der Waals surface area contributed by atoms with Crippen molar-refractivity contribution in [2.45, 2.75) is 31.1 Å². The van der Waals surface area contributed by atoms with Gasteiger partial charge in [0.25, 0.3) is 0 Å². The first-order valence-electron chi connectivity index (χ1n) is 9.53. The van der Waals surface area contributed by atoms with Crippen LogP contribution in [0.3, 0.4) is 0 Å². The molecule has 2 atom stereocenters. The van der Waals surface area contributed by atoms with E-state index in [-0.39, 0.29) is 29.9 Å². The van der Waals surface area contributed by atoms with Crippen LogP contribution in [0.2, 0.25) is 0 Å². The first kappa shape index (κ1) is 19.7. The maximum Gasteiger partial charge on any atom is 0.225 e. The Morgan fingerprint density at radius 2 is 1.83 bits per heavy atom. The van der Waals surface area contributed by atoms with Crippen LogP contribution in [0, 0.1) is 0 Å². The highest BCUT2D eigenvalue weighted by Gasteiger charge is 2.39. The van der Waals surface area contributed by atoms with Crippen LogP contribution < -0.4 is 14.8 Å². The molecular weight excluding hydrogens is 434 g/mol. The molecule has 2 aromatic carbocycles. The molecule has 5 nitrogen and oxygen atoms in total. The maximum absolute atomic E-state index is 13.2. The number of allylic oxidation sites excluding steroid dienone is 2. The van der Waals surface area contributed by atoms with Crippen LogP contribution in [-0.4, -0.2) is 25.9 Å². The maximum atomic E-state index is 13.2. The Bertz CT molecular complexity index is 1010. The fourth-order valence-corrected chi connectivity index (χ4v) is 4.71. The second kappa shape index (κ2) is 8.03. The molecule has 0 saturated heterocycles. The van der Waals surface area contributed by atoms with Gasteiger partial charge in [0.1, 0.15) is 11.5 Å². The molecule has 0 bridgehead atoms. The summed E-state index contributed by atoms with van der Waals surface area (Å²) in [5, 5.41) is 2.96. The minimum absolute atomic E-state index is 0.0137. The number of amides is 1. The van der Waals surface area contributed by atoms with Crippen LogP contribution in [0.25, 0.3) is 0 Å². The number of Topliss-reactive ketones (excluding diaryl/α,β-unsaturated/α-hetero) is 1. The summed E-state index contributed by atoms with van der Waals surface area (Å²) in [6, 6.07) is 13.5. The summed E-state index contributed by atoms with van der Waals surface area (Å²) >= 11 is 3.50. The topological polar surface area (TPSA) is 64.6 Å². The highest BCUT2D eigenvalue weighted by atomic mass is 79.9. The van der Waals surface area contributed by atoms with Gasteiger partial charge in [-0.25, -0.2) is 0 Å². The van der Waals surface area contributed by atoms with Gasteiger partial charge in [0.2, 0.25) is 5.91 Å². The lowest BCUT2D eigenvalue weighted by Gasteiger charge is -2.35. The standard InChI is InChI=1S/C23H22BrNO4/c1-28-16-5-3-4-13(8-16)14-9-19-23(20(26)10-14)18(12-22(27)25-19)17-11-15(24)6-7-21(17)29-2/h3-8,11,14,18H,9-10,12H2,1-2H3,(H,25,27). The van der Waals surface area contributed by atoms with Crippen molar-refractivity contribution in [3.63, 3.8) is 0 Å². The van der Waals surface area contributed by atoms with Crippen molar-refractivity contribution in [3.8, 4) is 11.5 Å². The van der Waals surface area contributed by atoms with Crippen molar-refractivity contribution < 1.29 is 19.1 Å². The normalized spacial score (nSPS) is 21.5. The quantitative estimate of drug-likeness (QED) is 0.738. The number of hydrogen-bond acceptors (Lipinski definition) is 4. The Labute approximate surface area is 178 Å². The summed E-state index contributed by atoms with van der Waals surface area (Å²) in [4.78, 5) is 25.8. The molecule has 150 valence electrons. The summed E-state index contributed by atoms with van der Waals surface area (Å²) < 4.78 is 11.7. The number of ether oxygens (including phenoxy) is 2. The number of ketones is 1. The monoisotopic (exact) mass is 455 g/mol. The van der Waals surface area contributed by atoms with Crippen molar-refractivity contribution in [1.82, 2.24) is 5.32 Å². The molecule has 6 heteroatoms. The smallest absolute Gasteiger partial charge is 0.225 e. The summed E-state index contributed by atoms with van der Waals surface area (Å²) in [5.41, 5.74) is 3.34. The van der Waals surface area contributed by atoms with Gasteiger partial charge in [-0.1, -0.05) is 28.1 Å². The molecule has 0 radical (unpaired) electrons. The van der Waals surface area contributed by atoms with E-state index in [0.29, 0.717) is 24.2 Å². The molecule has 1 N–H and O–H groups in total. The highest BCUT2D eigenvalue weighted by molar-refractivity contribution is 9.10. The van der Waals surface area contributed by atoms with Crippen molar-refractivity contribution >= 4 is 27.6 Å². The zero-order valence-electron chi connectivity index (χ0n) is 16.3. The third-order valence-corrected chi connectivity index (χ3v) is 6.16. The van der Waals surface area contributed by atoms with E-state index in [1.54, 1.807) is 14.2 Å². The Morgan fingerprint density at radius 3 is 2.59 bits per heavy atom. The summed E-state index contributed by atoms with van der Waals surface area (Å²) in [7, 11) is 3.23. The van der Waals surface area contributed by atoms with Gasteiger partial charge in [-0.05, 0) is 48.2 Å². The number of nitrogens with one attached hydrogen (secondary N) is 1. The largest absolute Gasteiger partial charge is 0.497 e. The molecule has 1 amide bonds. The average Bonchev–Trinajstić information content (AvgIpc) is 2.72. The van der Waals surface area contributed by atoms with Crippen LogP contribution in [0.5, 0.6) is 11.5 Å². The SMILES string of the molecule is COc1cccc(C2CC(=O)C3=C(C2)NC(=O)CC3c2cc(Br)ccc2OC)c1. The second-order valence-electron chi connectivity index (χ2n) is 7.39. The van der Waals surface area contributed by atoms with Crippen LogP contribution in [0.4, 0.5) is 0 Å². The third kappa shape index (κ3) is 3.81. The van der Waals surface area contributed by atoms with E-state index >= 15 is 0 Å². The number of carbonyl (C=O) groups is 2. The fourth-order valence-electron chi connectivity index (χ4n) is 4.33. The number of hydrogen-bond donors (Lipinski definition) is 1. The zero-order chi connectivity index (χ0) is 20.5. The molecule has 1 aliphatic heterocycles. The van der Waals surface area contributed by atoms with Gasteiger partial charge in [-0.3, -0.25) is 9.59 Å². The van der Waals surface area contributed by atoms with E-state index in [1.165, 1.54) is 0 Å². The van der Waals surface area contributed by atoms with Crippen molar-refractivity contribution in [2.75, 3.05) is 14.2 Å². The van der Waals surface area contributed by atoms with Crippen molar-refractivity contribution in [1.29, 1.82) is 0 Å². The van der Waals surface area contributed by atoms with E-state index in [2.05, 4.69) is 21.2 Å². The van der Waals surface area contributed by atoms with Crippen LogP contribution in [0.1, 0.15) is 42.2 Å². The molecule has 2 unspecified atom stereocenters. The molecule has 29 heavy (non-hydrogen) atoms. The van der Waals surface area contributed by atoms with Gasteiger partial charge in [0, 0.05) is 40.1 Å². The molecule has 2 aromatic rings. The molecule has 1 heterocycles. The molecule has 0 fully saturated rings. The molecule has 0 aromatic heterocycles. The van der Waals surface area contributed by atoms with E-state index in [4.69, 9.17) is 9.47 Å². The van der Waals surface area contributed by atoms with E-state index in [9.17, 15) is 9.59 Å². The van der Waals surface area contributed by atoms with Gasteiger partial charge in [0.15, 0.2) is 5.78 Å². The van der Waals surface area contributed by atoms with Gasteiger partial charge in [0.05, 0.1) is 14.2 Å². The molecule has 2 aliphatic rings. The van der Waals surface area contributed by atoms with Crippen molar-refractivity contribution in [3.05, 3.63) is 69.3 Å². The van der Waals surface area contributed by atoms with Crippen LogP contribution >= 0.6 is 15.9 Å². The fraction of sp³-hybridized carbons (Fsp3) is 0.304. The second-order valence-corrected chi connectivity index (χ2v) is 8.30. The molecule has 0 spiro atoms. The first-order valence-corrected chi connectivity index (χ1v) is 10.3. The molecule has 1 aliphatic carbocycles. The average molecular weight is 456 g/mol. The number of methoxy groups -OCH3 is 2. The molecule has 4 rings (SSSR count). The van der Waals surface area contributed by atoms with E-state index in [1.807, 2.05) is 42.5 Å². The Kier molecular flexibility index (Phi) is 5.46. The molecule has 0 saturated carbocycles. The number of halogens is 1. The Balaban J connectivity index is 1.74. The van der Waals surface area contributed by atoms with Crippen LogP contribution in [0.15, 0.2) is 58.2 Å². The lowest BCUT2D eigenvalue weighted by Crippen LogP contribution is -2.38. The molecular formula is C23H22BrNO4. The number of carbonyl (C=O) groups excluding carboxylic acids is 2. The minimum Gasteiger partial charge on any atom is -0.497 e. The lowest BCUT2D eigenvalue weighted by molar-refractivity contribution is -0.122.